The molecule has 2 atom stereocenters. The summed E-state index contributed by atoms with van der Waals surface area (Å²) in [5.41, 5.74) is 0.810. The number of carboxylic acid groups (broad SMARTS) is 1. The van der Waals surface area contributed by atoms with E-state index in [0.29, 0.717) is 0 Å². The van der Waals surface area contributed by atoms with Crippen molar-refractivity contribution in [3.8, 4) is 5.75 Å². The lowest BCUT2D eigenvalue weighted by Crippen LogP contribution is -2.12. The first kappa shape index (κ1) is 19.5. The van der Waals surface area contributed by atoms with Crippen LogP contribution in [0.15, 0.2) is 24.3 Å². The number of rotatable bonds is 12. The second-order valence-corrected chi connectivity index (χ2v) is 6.47. The van der Waals surface area contributed by atoms with Crippen LogP contribution in [0.25, 0.3) is 0 Å². The second kappa shape index (κ2) is 11.1. The highest BCUT2D eigenvalue weighted by atomic mass is 16.5. The zero-order chi connectivity index (χ0) is 17.1. The van der Waals surface area contributed by atoms with E-state index in [1.54, 1.807) is 6.92 Å². The fourth-order valence-electron chi connectivity index (χ4n) is 2.66. The van der Waals surface area contributed by atoms with Crippen LogP contribution in [-0.4, -0.2) is 17.2 Å². The minimum absolute atomic E-state index is 0.202. The number of benzene rings is 1. The number of unbranched alkanes of at least 4 members (excludes halogenated alkanes) is 6. The molecule has 0 saturated heterocycles. The molecule has 1 rings (SSSR count). The highest BCUT2D eigenvalue weighted by Gasteiger charge is 2.13. The molecule has 1 aromatic rings. The van der Waals surface area contributed by atoms with Crippen molar-refractivity contribution in [1.29, 1.82) is 0 Å². The van der Waals surface area contributed by atoms with Gasteiger partial charge in [-0.25, -0.2) is 0 Å². The molecule has 0 amide bonds. The summed E-state index contributed by atoms with van der Waals surface area (Å²) in [6.07, 6.45) is 10.5. The Balaban J connectivity index is 2.24. The van der Waals surface area contributed by atoms with Crippen LogP contribution in [0.5, 0.6) is 5.75 Å². The molecule has 1 N–H and O–H groups in total. The van der Waals surface area contributed by atoms with Gasteiger partial charge in [-0.05, 0) is 44.4 Å². The van der Waals surface area contributed by atoms with Gasteiger partial charge in [-0.15, -0.1) is 0 Å². The average Bonchev–Trinajstić information content (AvgIpc) is 2.54. The van der Waals surface area contributed by atoms with E-state index in [2.05, 4.69) is 13.8 Å². The van der Waals surface area contributed by atoms with Crippen molar-refractivity contribution in [1.82, 2.24) is 0 Å². The summed E-state index contributed by atoms with van der Waals surface area (Å²) in [7, 11) is 0. The minimum atomic E-state index is -0.800. The summed E-state index contributed by atoms with van der Waals surface area (Å²) in [4.78, 5) is 11.0. The van der Waals surface area contributed by atoms with Gasteiger partial charge in [0.05, 0.1) is 12.0 Å². The lowest BCUT2D eigenvalue weighted by Gasteiger charge is -2.15. The number of ether oxygens (including phenoxy) is 1. The molecule has 0 aliphatic rings. The van der Waals surface area contributed by atoms with E-state index in [-0.39, 0.29) is 6.10 Å². The van der Waals surface area contributed by atoms with Crippen LogP contribution in [0, 0.1) is 0 Å². The quantitative estimate of drug-likeness (QED) is 0.496. The van der Waals surface area contributed by atoms with Crippen LogP contribution < -0.4 is 4.74 Å². The van der Waals surface area contributed by atoms with E-state index in [0.717, 1.165) is 17.7 Å². The molecule has 0 aliphatic carbocycles. The smallest absolute Gasteiger partial charge is 0.310 e. The third-order valence-corrected chi connectivity index (χ3v) is 4.30. The molecule has 0 saturated carbocycles. The fraction of sp³-hybridized carbons (Fsp3) is 0.650. The van der Waals surface area contributed by atoms with E-state index >= 15 is 0 Å². The molecule has 23 heavy (non-hydrogen) atoms. The van der Waals surface area contributed by atoms with Gasteiger partial charge in [0.25, 0.3) is 0 Å². The Labute approximate surface area is 141 Å². The summed E-state index contributed by atoms with van der Waals surface area (Å²) in [6.45, 7) is 6.04. The third kappa shape index (κ3) is 8.06. The summed E-state index contributed by atoms with van der Waals surface area (Å²) in [6, 6.07) is 7.43. The summed E-state index contributed by atoms with van der Waals surface area (Å²) in [5.74, 6) is -0.457. The lowest BCUT2D eigenvalue weighted by atomic mass is 10.0. The Hall–Kier alpha value is -1.51. The maximum absolute atomic E-state index is 11.0. The van der Waals surface area contributed by atoms with Crippen molar-refractivity contribution in [2.75, 3.05) is 0 Å². The van der Waals surface area contributed by atoms with E-state index in [4.69, 9.17) is 9.84 Å². The third-order valence-electron chi connectivity index (χ3n) is 4.30. The molecule has 0 aromatic heterocycles. The molecule has 0 bridgehead atoms. The van der Waals surface area contributed by atoms with Gasteiger partial charge in [-0.2, -0.15) is 0 Å². The highest BCUT2D eigenvalue weighted by molar-refractivity contribution is 5.75. The molecule has 0 spiro atoms. The Morgan fingerprint density at radius 3 is 2.13 bits per heavy atom. The summed E-state index contributed by atoms with van der Waals surface area (Å²) >= 11 is 0. The van der Waals surface area contributed by atoms with Crippen molar-refractivity contribution >= 4 is 5.97 Å². The SMILES string of the molecule is CCCCCCCCCC(C)Oc1ccc(C(C)C(=O)O)cc1. The highest BCUT2D eigenvalue weighted by Crippen LogP contribution is 2.21. The molecular formula is C20H32O3. The zero-order valence-corrected chi connectivity index (χ0v) is 14.9. The largest absolute Gasteiger partial charge is 0.491 e. The van der Waals surface area contributed by atoms with Gasteiger partial charge in [0.2, 0.25) is 0 Å². The first-order chi connectivity index (χ1) is 11.0. The molecule has 1 aromatic carbocycles. The number of hydrogen-bond acceptors (Lipinski definition) is 2. The van der Waals surface area contributed by atoms with Gasteiger partial charge >= 0.3 is 5.97 Å². The second-order valence-electron chi connectivity index (χ2n) is 6.47. The average molecular weight is 320 g/mol. The number of carboxylic acids is 1. The van der Waals surface area contributed by atoms with E-state index in [9.17, 15) is 4.79 Å². The number of carbonyl (C=O) groups is 1. The van der Waals surface area contributed by atoms with Gasteiger partial charge < -0.3 is 9.84 Å². The topological polar surface area (TPSA) is 46.5 Å². The molecule has 3 nitrogen and oxygen atoms in total. The van der Waals surface area contributed by atoms with Crippen LogP contribution in [0.4, 0.5) is 0 Å². The van der Waals surface area contributed by atoms with Gasteiger partial charge in [0.15, 0.2) is 0 Å². The Kier molecular flexibility index (Phi) is 9.42. The van der Waals surface area contributed by atoms with Crippen molar-refractivity contribution in [3.05, 3.63) is 29.8 Å². The maximum Gasteiger partial charge on any atom is 0.310 e. The van der Waals surface area contributed by atoms with Crippen molar-refractivity contribution in [3.63, 3.8) is 0 Å². The first-order valence-corrected chi connectivity index (χ1v) is 9.04. The fourth-order valence-corrected chi connectivity index (χ4v) is 2.66. The van der Waals surface area contributed by atoms with Gasteiger partial charge in [-0.3, -0.25) is 4.79 Å². The Morgan fingerprint density at radius 1 is 1.00 bits per heavy atom. The van der Waals surface area contributed by atoms with Gasteiger partial charge in [0, 0.05) is 0 Å². The summed E-state index contributed by atoms with van der Waals surface area (Å²) in [5, 5.41) is 9.01. The van der Waals surface area contributed by atoms with Crippen molar-refractivity contribution < 1.29 is 14.6 Å². The Morgan fingerprint density at radius 2 is 1.57 bits per heavy atom. The van der Waals surface area contributed by atoms with Crippen LogP contribution >= 0.6 is 0 Å². The minimum Gasteiger partial charge on any atom is -0.491 e. The van der Waals surface area contributed by atoms with Crippen LogP contribution in [-0.2, 0) is 4.79 Å². The van der Waals surface area contributed by atoms with Crippen LogP contribution in [0.2, 0.25) is 0 Å². The van der Waals surface area contributed by atoms with E-state index in [1.807, 2.05) is 24.3 Å². The maximum atomic E-state index is 11.0. The number of aliphatic carboxylic acids is 1. The normalized spacial score (nSPS) is 13.5. The van der Waals surface area contributed by atoms with Crippen LogP contribution in [0.1, 0.15) is 83.6 Å². The van der Waals surface area contributed by atoms with Crippen LogP contribution in [0.3, 0.4) is 0 Å². The molecule has 2 unspecified atom stereocenters. The number of hydrogen-bond donors (Lipinski definition) is 1. The molecule has 0 aliphatic heterocycles. The lowest BCUT2D eigenvalue weighted by molar-refractivity contribution is -0.138. The standard InChI is InChI=1S/C20H32O3/c1-4-5-6-7-8-9-10-11-16(2)23-19-14-12-18(13-15-19)17(3)20(21)22/h12-17H,4-11H2,1-3H3,(H,21,22). The molecule has 3 heteroatoms. The molecule has 0 fully saturated rings. The van der Waals surface area contributed by atoms with Gasteiger partial charge in [0.1, 0.15) is 5.75 Å². The molecular weight excluding hydrogens is 288 g/mol. The van der Waals surface area contributed by atoms with E-state index < -0.39 is 11.9 Å². The molecule has 0 radical (unpaired) electrons. The predicted octanol–water partition coefficient (Wildman–Crippen LogP) is 5.78. The summed E-state index contributed by atoms with van der Waals surface area (Å²) < 4.78 is 5.91. The first-order valence-electron chi connectivity index (χ1n) is 9.04. The van der Waals surface area contributed by atoms with E-state index in [1.165, 1.54) is 44.9 Å². The molecule has 0 heterocycles. The predicted molar refractivity (Wildman–Crippen MR) is 95.2 cm³/mol. The monoisotopic (exact) mass is 320 g/mol. The van der Waals surface area contributed by atoms with Gasteiger partial charge in [-0.1, -0.05) is 57.6 Å². The molecule has 130 valence electrons. The van der Waals surface area contributed by atoms with Crippen molar-refractivity contribution in [2.24, 2.45) is 0 Å². The zero-order valence-electron chi connectivity index (χ0n) is 14.9. The van der Waals surface area contributed by atoms with Crippen molar-refractivity contribution in [2.45, 2.75) is 84.2 Å². The Bertz CT molecular complexity index is 439.